The van der Waals surface area contributed by atoms with Gasteiger partial charge in [0.05, 0.1) is 0 Å². The molecule has 0 unspecified atom stereocenters. The second kappa shape index (κ2) is 34.8. The molecule has 0 saturated heterocycles. The van der Waals surface area contributed by atoms with Crippen molar-refractivity contribution in [2.75, 3.05) is 0 Å². The van der Waals surface area contributed by atoms with Gasteiger partial charge in [-0.3, -0.25) is 0 Å². The summed E-state index contributed by atoms with van der Waals surface area (Å²) in [5.41, 5.74) is 0. The molecule has 0 bridgehead atoms. The van der Waals surface area contributed by atoms with Gasteiger partial charge in [0.2, 0.25) is 0 Å². The first kappa shape index (κ1) is 82.3. The Morgan fingerprint density at radius 1 is 0.229 bits per heavy atom. The van der Waals surface area contributed by atoms with Crippen LogP contribution in [0.4, 0.5) is 79.0 Å². The van der Waals surface area contributed by atoms with Gasteiger partial charge in [0.25, 0.3) is 37.7 Å². The zero-order chi connectivity index (χ0) is 36.5. The fraction of sp³-hybridized carbons (Fsp3) is 0.923. The van der Waals surface area contributed by atoms with Gasteiger partial charge in [0.1, 0.15) is 0 Å². The van der Waals surface area contributed by atoms with E-state index in [1.807, 2.05) is 0 Å². The van der Waals surface area contributed by atoms with Crippen LogP contribution in [0.2, 0.25) is 0 Å². The average molecular weight is 991 g/mol. The van der Waals surface area contributed by atoms with Crippen LogP contribution >= 0.6 is 0 Å². The zero-order valence-corrected chi connectivity index (χ0v) is 34.8. The second-order valence-electron chi connectivity index (χ2n) is 5.49. The number of halogens is 18. The molecule has 0 rings (SSSR count). The van der Waals surface area contributed by atoms with Gasteiger partial charge in [-0.2, -0.15) is 79.0 Å². The molecule has 288 valence electrons. The molecular formula is C13H23F18O13Zn4-. The number of aliphatic hydroxyl groups is 12. The Balaban J connectivity index is -0.0000000316. The molecular weight excluding hydrogens is 968 g/mol. The van der Waals surface area contributed by atoms with Crippen LogP contribution in [0.5, 0.6) is 0 Å². The van der Waals surface area contributed by atoms with Crippen molar-refractivity contribution in [3.8, 4) is 0 Å². The van der Waals surface area contributed by atoms with Crippen LogP contribution in [0.25, 0.3) is 0 Å². The maximum atomic E-state index is 10.7. The second-order valence-corrected chi connectivity index (χ2v) is 5.49. The summed E-state index contributed by atoms with van der Waals surface area (Å²) in [6, 6.07) is 0. The molecule has 0 spiro atoms. The van der Waals surface area contributed by atoms with Crippen molar-refractivity contribution in [1.29, 1.82) is 0 Å². The smallest absolute Gasteiger partial charge is 0.412 e. The number of rotatable bonds is 0. The van der Waals surface area contributed by atoms with E-state index in [9.17, 15) is 79.0 Å². The topological polar surface area (TPSA) is 274 Å². The van der Waals surface area contributed by atoms with Gasteiger partial charge >= 0.3 is 37.1 Å². The van der Waals surface area contributed by atoms with Crippen molar-refractivity contribution in [2.24, 2.45) is 0 Å². The number of alkyl halides is 18. The first-order valence-electron chi connectivity index (χ1n) is 8.23. The molecule has 0 aliphatic heterocycles. The van der Waals surface area contributed by atoms with E-state index >= 15 is 0 Å². The van der Waals surface area contributed by atoms with Crippen LogP contribution in [0.15, 0.2) is 0 Å². The average Bonchev–Trinajstić information content (AvgIpc) is 2.65. The summed E-state index contributed by atoms with van der Waals surface area (Å²) < 4.78 is 192. The first-order valence-corrected chi connectivity index (χ1v) is 8.23. The van der Waals surface area contributed by atoms with Gasteiger partial charge in [-0.1, -0.05) is 0 Å². The SMILES string of the molecule is O.OC(O)C(F)(F)F.OC(O)C(F)(F)F.OC(O)C(F)(F)F.OC(O)C(F)(F)F.OC(O)C(F)(F)F.OC(O)C(F)(F)F.[CH3-].[Zn].[Zn].[Zn].[Zn]. The van der Waals surface area contributed by atoms with E-state index in [2.05, 4.69) is 0 Å². The summed E-state index contributed by atoms with van der Waals surface area (Å²) in [6.45, 7) is 0. The van der Waals surface area contributed by atoms with Crippen LogP contribution in [-0.2, 0) is 77.9 Å². The molecule has 0 aliphatic carbocycles. The molecule has 0 aromatic carbocycles. The van der Waals surface area contributed by atoms with E-state index in [4.69, 9.17) is 61.3 Å². The summed E-state index contributed by atoms with van der Waals surface area (Å²) in [7, 11) is 0. The summed E-state index contributed by atoms with van der Waals surface area (Å²) >= 11 is 0. The molecule has 35 heteroatoms. The maximum Gasteiger partial charge on any atom is 0.439 e. The largest absolute Gasteiger partial charge is 0.439 e. The van der Waals surface area contributed by atoms with Gasteiger partial charge in [-0.25, -0.2) is 0 Å². The Labute approximate surface area is 305 Å². The summed E-state index contributed by atoms with van der Waals surface area (Å²) in [5.74, 6) is 0. The van der Waals surface area contributed by atoms with Crippen molar-refractivity contribution in [1.82, 2.24) is 0 Å². The van der Waals surface area contributed by atoms with Crippen molar-refractivity contribution in [2.45, 2.75) is 74.8 Å². The minimum absolute atomic E-state index is 0. The van der Waals surface area contributed by atoms with Gasteiger partial charge in [-0.15, -0.1) is 0 Å². The molecule has 0 amide bonds. The minimum atomic E-state index is -4.89. The fourth-order valence-corrected chi connectivity index (χ4v) is 0. The molecule has 0 radical (unpaired) electrons. The Morgan fingerprint density at radius 3 is 0.250 bits per heavy atom. The van der Waals surface area contributed by atoms with E-state index in [1.54, 1.807) is 0 Å². The quantitative estimate of drug-likeness (QED) is 0.0590. The van der Waals surface area contributed by atoms with Gasteiger partial charge in [-0.05, 0) is 0 Å². The predicted octanol–water partition coefficient (Wildman–Crippen LogP) is -1.23. The Hall–Kier alpha value is 0.714. The van der Waals surface area contributed by atoms with Crippen molar-refractivity contribution in [3.05, 3.63) is 7.43 Å². The van der Waals surface area contributed by atoms with E-state index < -0.39 is 74.8 Å². The minimum Gasteiger partial charge on any atom is -0.412 e. The maximum absolute atomic E-state index is 10.7. The van der Waals surface area contributed by atoms with Crippen LogP contribution in [0.1, 0.15) is 0 Å². The molecule has 0 heterocycles. The third-order valence-corrected chi connectivity index (χ3v) is 1.76. The van der Waals surface area contributed by atoms with E-state index in [0.29, 0.717) is 0 Å². The molecule has 48 heavy (non-hydrogen) atoms. The van der Waals surface area contributed by atoms with Gasteiger partial charge in [0.15, 0.2) is 0 Å². The number of hydrogen-bond acceptors (Lipinski definition) is 12. The van der Waals surface area contributed by atoms with Crippen LogP contribution < -0.4 is 0 Å². The van der Waals surface area contributed by atoms with Crippen molar-refractivity contribution < 1.29 is 224 Å². The Bertz CT molecular complexity index is 502. The molecule has 0 atom stereocenters. The van der Waals surface area contributed by atoms with Crippen LogP contribution in [0.3, 0.4) is 0 Å². The van der Waals surface area contributed by atoms with Crippen molar-refractivity contribution >= 4 is 0 Å². The predicted molar refractivity (Wildman–Crippen MR) is 95.7 cm³/mol. The summed E-state index contributed by atoms with van der Waals surface area (Å²) in [4.78, 5) is 0. The van der Waals surface area contributed by atoms with Crippen LogP contribution in [-0.4, -0.2) is 142 Å². The number of aliphatic hydroxyl groups excluding tert-OH is 6. The van der Waals surface area contributed by atoms with Gasteiger partial charge < -0.3 is 74.2 Å². The first-order chi connectivity index (χ1) is 17.7. The monoisotopic (exact) mass is 985 g/mol. The molecule has 0 saturated carbocycles. The molecule has 0 aromatic rings. The Morgan fingerprint density at radius 2 is 0.250 bits per heavy atom. The number of hydrogen-bond donors (Lipinski definition) is 12. The zero-order valence-electron chi connectivity index (χ0n) is 23.0. The summed E-state index contributed by atoms with van der Waals surface area (Å²) in [5, 5.41) is 87.8. The third kappa shape index (κ3) is 72.4. The molecule has 0 fully saturated rings. The Kier molecular flexibility index (Phi) is 59.6. The molecule has 13 nitrogen and oxygen atoms in total. The molecule has 0 aliphatic rings. The fourth-order valence-electron chi connectivity index (χ4n) is 0. The van der Waals surface area contributed by atoms with E-state index in [1.165, 1.54) is 0 Å². The van der Waals surface area contributed by atoms with E-state index in [0.717, 1.165) is 0 Å². The van der Waals surface area contributed by atoms with Crippen molar-refractivity contribution in [3.63, 3.8) is 0 Å². The third-order valence-electron chi connectivity index (χ3n) is 1.76. The molecule has 0 aromatic heterocycles. The van der Waals surface area contributed by atoms with Crippen LogP contribution in [0, 0.1) is 7.43 Å². The van der Waals surface area contributed by atoms with Gasteiger partial charge in [0, 0.05) is 77.9 Å². The standard InChI is InChI=1S/6C2H3F3O2.CH3.H2O.4Zn/c6*3-2(4,5)1(6)7;;;;;;/h6*1,6-7H;1H3;1H2;;;;/q;;;;;;-1;;;;;. The normalized spacial score (nSPS) is 11.2. The van der Waals surface area contributed by atoms with E-state index in [-0.39, 0.29) is 90.8 Å². The molecule has 14 N–H and O–H groups in total. The summed E-state index contributed by atoms with van der Waals surface area (Å²) in [6.07, 6.45) is -48.5.